The Morgan fingerprint density at radius 1 is 1.18 bits per heavy atom. The molecule has 1 amide bonds. The minimum Gasteiger partial charge on any atom is -0.325 e. The van der Waals surface area contributed by atoms with Crippen LogP contribution in [0.4, 0.5) is 11.4 Å². The molecule has 7 nitrogen and oxygen atoms in total. The number of nitro benzene ring substituents is 1. The predicted octanol–water partition coefficient (Wildman–Crippen LogP) is 4.44. The number of hydrogen-bond acceptors (Lipinski definition) is 5. The van der Waals surface area contributed by atoms with Gasteiger partial charge in [0.15, 0.2) is 5.16 Å². The molecule has 1 N–H and O–H groups in total. The highest BCUT2D eigenvalue weighted by atomic mass is 32.2. The van der Waals surface area contributed by atoms with Crippen molar-refractivity contribution < 1.29 is 9.72 Å². The summed E-state index contributed by atoms with van der Waals surface area (Å²) in [6, 6.07) is 10.6. The lowest BCUT2D eigenvalue weighted by Crippen LogP contribution is -2.15. The number of benzene rings is 2. The molecule has 3 rings (SSSR count). The Morgan fingerprint density at radius 3 is 2.57 bits per heavy atom. The summed E-state index contributed by atoms with van der Waals surface area (Å²) in [5.74, 6) is -0.104. The van der Waals surface area contributed by atoms with Crippen molar-refractivity contribution in [1.82, 2.24) is 9.55 Å². The number of carbonyl (C=O) groups is 1. The van der Waals surface area contributed by atoms with E-state index in [0.717, 1.165) is 22.4 Å². The molecular weight excluding hydrogens is 376 g/mol. The van der Waals surface area contributed by atoms with Gasteiger partial charge in [0.2, 0.25) is 5.91 Å². The van der Waals surface area contributed by atoms with E-state index in [2.05, 4.69) is 28.5 Å². The molecular formula is C20H20N4O3S. The second-order valence-corrected chi connectivity index (χ2v) is 7.46. The maximum atomic E-state index is 12.4. The van der Waals surface area contributed by atoms with E-state index < -0.39 is 4.92 Å². The van der Waals surface area contributed by atoms with E-state index in [-0.39, 0.29) is 17.3 Å². The molecule has 0 unspecified atom stereocenters. The van der Waals surface area contributed by atoms with Crippen LogP contribution in [0.15, 0.2) is 53.9 Å². The van der Waals surface area contributed by atoms with Gasteiger partial charge in [0.25, 0.3) is 5.69 Å². The van der Waals surface area contributed by atoms with Gasteiger partial charge in [-0.1, -0.05) is 23.9 Å². The molecule has 0 fully saturated rings. The first-order valence-electron chi connectivity index (χ1n) is 8.63. The highest BCUT2D eigenvalue weighted by Gasteiger charge is 2.13. The van der Waals surface area contributed by atoms with Gasteiger partial charge in [-0.2, -0.15) is 0 Å². The number of nitro groups is 1. The van der Waals surface area contributed by atoms with Crippen LogP contribution < -0.4 is 5.32 Å². The lowest BCUT2D eigenvalue weighted by atomic mass is 10.1. The SMILES string of the molecule is Cc1cc(C)cc(-n2ccnc2SCC(=O)Nc2cc([N+](=O)[O-])ccc2C)c1. The molecule has 3 aromatic rings. The minimum atomic E-state index is -0.482. The van der Waals surface area contributed by atoms with Gasteiger partial charge in [-0.3, -0.25) is 19.5 Å². The Labute approximate surface area is 166 Å². The number of thioether (sulfide) groups is 1. The fraction of sp³-hybridized carbons (Fsp3) is 0.200. The number of nitrogens with one attached hydrogen (secondary N) is 1. The summed E-state index contributed by atoms with van der Waals surface area (Å²) < 4.78 is 1.94. The molecule has 0 bridgehead atoms. The zero-order valence-electron chi connectivity index (χ0n) is 15.8. The van der Waals surface area contributed by atoms with Crippen molar-refractivity contribution in [2.75, 3.05) is 11.1 Å². The number of carbonyl (C=O) groups excluding carboxylic acids is 1. The van der Waals surface area contributed by atoms with E-state index in [9.17, 15) is 14.9 Å². The fourth-order valence-corrected chi connectivity index (χ4v) is 3.63. The number of non-ortho nitro benzene ring substituents is 1. The summed E-state index contributed by atoms with van der Waals surface area (Å²) in [5, 5.41) is 14.4. The third-order valence-corrected chi connectivity index (χ3v) is 5.10. The number of imidazole rings is 1. The Balaban J connectivity index is 1.70. The lowest BCUT2D eigenvalue weighted by molar-refractivity contribution is -0.384. The van der Waals surface area contributed by atoms with E-state index in [1.54, 1.807) is 19.2 Å². The van der Waals surface area contributed by atoms with E-state index in [4.69, 9.17) is 0 Å². The maximum absolute atomic E-state index is 12.4. The molecule has 0 radical (unpaired) electrons. The summed E-state index contributed by atoms with van der Waals surface area (Å²) in [6.45, 7) is 5.86. The normalized spacial score (nSPS) is 10.7. The third-order valence-electron chi connectivity index (χ3n) is 4.13. The van der Waals surface area contributed by atoms with Gasteiger partial charge >= 0.3 is 0 Å². The number of amides is 1. The van der Waals surface area contributed by atoms with Gasteiger partial charge < -0.3 is 5.32 Å². The van der Waals surface area contributed by atoms with Crippen LogP contribution in [0.25, 0.3) is 5.69 Å². The molecule has 0 aliphatic heterocycles. The van der Waals surface area contributed by atoms with E-state index >= 15 is 0 Å². The second-order valence-electron chi connectivity index (χ2n) is 6.52. The van der Waals surface area contributed by atoms with Crippen LogP contribution in [0.1, 0.15) is 16.7 Å². The van der Waals surface area contributed by atoms with Crippen LogP contribution in [0.2, 0.25) is 0 Å². The van der Waals surface area contributed by atoms with Crippen molar-refractivity contribution in [3.63, 3.8) is 0 Å². The highest BCUT2D eigenvalue weighted by Crippen LogP contribution is 2.24. The molecule has 1 aromatic heterocycles. The second kappa shape index (κ2) is 8.26. The smallest absolute Gasteiger partial charge is 0.271 e. The third kappa shape index (κ3) is 4.58. The average molecular weight is 396 g/mol. The minimum absolute atomic E-state index is 0.0566. The summed E-state index contributed by atoms with van der Waals surface area (Å²) in [4.78, 5) is 27.1. The van der Waals surface area contributed by atoms with E-state index in [1.165, 1.54) is 23.9 Å². The molecule has 8 heteroatoms. The van der Waals surface area contributed by atoms with Crippen LogP contribution in [0.3, 0.4) is 0 Å². The van der Waals surface area contributed by atoms with Gasteiger partial charge in [0.05, 0.1) is 16.4 Å². The van der Waals surface area contributed by atoms with Gasteiger partial charge in [0, 0.05) is 30.2 Å². The lowest BCUT2D eigenvalue weighted by Gasteiger charge is -2.10. The van der Waals surface area contributed by atoms with Crippen LogP contribution in [-0.4, -0.2) is 26.1 Å². The molecule has 0 spiro atoms. The van der Waals surface area contributed by atoms with Crippen molar-refractivity contribution >= 4 is 29.0 Å². The molecule has 0 saturated heterocycles. The Morgan fingerprint density at radius 2 is 1.89 bits per heavy atom. The van der Waals surface area contributed by atoms with Gasteiger partial charge in [0.1, 0.15) is 0 Å². The van der Waals surface area contributed by atoms with E-state index in [0.29, 0.717) is 10.8 Å². The monoisotopic (exact) mass is 396 g/mol. The first kappa shape index (κ1) is 19.6. The predicted molar refractivity (Wildman–Crippen MR) is 110 cm³/mol. The zero-order chi connectivity index (χ0) is 20.3. The van der Waals surface area contributed by atoms with Gasteiger partial charge in [-0.05, 0) is 49.6 Å². The summed E-state index contributed by atoms with van der Waals surface area (Å²) in [6.07, 6.45) is 3.56. The zero-order valence-corrected chi connectivity index (χ0v) is 16.6. The van der Waals surface area contributed by atoms with Crippen molar-refractivity contribution in [3.05, 3.63) is 75.6 Å². The molecule has 1 heterocycles. The van der Waals surface area contributed by atoms with Crippen molar-refractivity contribution in [2.24, 2.45) is 0 Å². The average Bonchev–Trinajstić information content (AvgIpc) is 3.09. The topological polar surface area (TPSA) is 90.1 Å². The first-order valence-corrected chi connectivity index (χ1v) is 9.62. The number of aryl methyl sites for hydroxylation is 3. The highest BCUT2D eigenvalue weighted by molar-refractivity contribution is 7.99. The van der Waals surface area contributed by atoms with Crippen molar-refractivity contribution in [2.45, 2.75) is 25.9 Å². The number of hydrogen-bond donors (Lipinski definition) is 1. The molecule has 0 aliphatic carbocycles. The van der Waals surface area contributed by atoms with Crippen molar-refractivity contribution in [1.29, 1.82) is 0 Å². The van der Waals surface area contributed by atoms with Crippen LogP contribution in [-0.2, 0) is 4.79 Å². The van der Waals surface area contributed by atoms with Crippen LogP contribution >= 0.6 is 11.8 Å². The van der Waals surface area contributed by atoms with Crippen molar-refractivity contribution in [3.8, 4) is 5.69 Å². The Hall–Kier alpha value is -3.13. The molecule has 0 aliphatic rings. The first-order chi connectivity index (χ1) is 13.3. The Bertz CT molecular complexity index is 1030. The number of anilines is 1. The molecule has 28 heavy (non-hydrogen) atoms. The standard InChI is InChI=1S/C20H20N4O3S/c1-13-8-14(2)10-17(9-13)23-7-6-21-20(23)28-12-19(25)22-18-11-16(24(26)27)5-4-15(18)3/h4-11H,12H2,1-3H3,(H,22,25). The molecule has 0 atom stereocenters. The summed E-state index contributed by atoms with van der Waals surface area (Å²) in [5.41, 5.74) is 4.45. The van der Waals surface area contributed by atoms with Gasteiger partial charge in [-0.15, -0.1) is 0 Å². The number of rotatable bonds is 6. The van der Waals surface area contributed by atoms with Gasteiger partial charge in [-0.25, -0.2) is 4.98 Å². The largest absolute Gasteiger partial charge is 0.325 e. The molecule has 0 saturated carbocycles. The quantitative estimate of drug-likeness (QED) is 0.378. The molecule has 144 valence electrons. The fourth-order valence-electron chi connectivity index (χ4n) is 2.86. The van der Waals surface area contributed by atoms with E-state index in [1.807, 2.05) is 24.6 Å². The van der Waals surface area contributed by atoms with Crippen LogP contribution in [0.5, 0.6) is 0 Å². The number of nitrogens with zero attached hydrogens (tertiary/aromatic N) is 3. The maximum Gasteiger partial charge on any atom is 0.271 e. The molecule has 2 aromatic carbocycles. The Kier molecular flexibility index (Phi) is 5.79. The summed E-state index contributed by atoms with van der Waals surface area (Å²) in [7, 11) is 0. The number of aromatic nitrogens is 2. The summed E-state index contributed by atoms with van der Waals surface area (Å²) >= 11 is 1.31. The van der Waals surface area contributed by atoms with Crippen LogP contribution in [0, 0.1) is 30.9 Å².